The standard InChI is InChI=1S/C15H13BrN2O3/c1-18(14(19)13-8-5-11(16)9-17-13)12-6-3-10(4-7-12)15(20)21-2/h3-9H,1-2H3. The second-order valence-electron chi connectivity index (χ2n) is 4.26. The molecule has 21 heavy (non-hydrogen) atoms. The van der Waals surface area contributed by atoms with E-state index in [1.165, 1.54) is 12.0 Å². The van der Waals surface area contributed by atoms with Crippen LogP contribution in [0.25, 0.3) is 0 Å². The highest BCUT2D eigenvalue weighted by molar-refractivity contribution is 9.10. The van der Waals surface area contributed by atoms with E-state index in [0.29, 0.717) is 16.9 Å². The number of hydrogen-bond donors (Lipinski definition) is 0. The molecule has 0 aliphatic heterocycles. The summed E-state index contributed by atoms with van der Waals surface area (Å²) >= 11 is 3.27. The smallest absolute Gasteiger partial charge is 0.337 e. The Kier molecular flexibility index (Phi) is 4.70. The van der Waals surface area contributed by atoms with Crippen LogP contribution in [-0.4, -0.2) is 31.0 Å². The highest BCUT2D eigenvalue weighted by atomic mass is 79.9. The van der Waals surface area contributed by atoms with Gasteiger partial charge in [0.2, 0.25) is 0 Å². The zero-order chi connectivity index (χ0) is 15.4. The third-order valence-corrected chi connectivity index (χ3v) is 3.40. The number of methoxy groups -OCH3 is 1. The van der Waals surface area contributed by atoms with Crippen molar-refractivity contribution in [3.8, 4) is 0 Å². The maximum absolute atomic E-state index is 12.3. The Morgan fingerprint density at radius 3 is 2.33 bits per heavy atom. The SMILES string of the molecule is COC(=O)c1ccc(N(C)C(=O)c2ccc(Br)cn2)cc1. The second kappa shape index (κ2) is 6.49. The normalized spacial score (nSPS) is 10.0. The molecule has 2 rings (SSSR count). The van der Waals surface area contributed by atoms with E-state index in [-0.39, 0.29) is 5.91 Å². The van der Waals surface area contributed by atoms with Crippen LogP contribution in [0.2, 0.25) is 0 Å². The maximum atomic E-state index is 12.3. The molecule has 0 bridgehead atoms. The van der Waals surface area contributed by atoms with Crippen LogP contribution in [0.4, 0.5) is 5.69 Å². The van der Waals surface area contributed by atoms with Gasteiger partial charge in [0.25, 0.3) is 5.91 Å². The molecule has 1 heterocycles. The quantitative estimate of drug-likeness (QED) is 0.800. The third-order valence-electron chi connectivity index (χ3n) is 2.93. The van der Waals surface area contributed by atoms with E-state index in [0.717, 1.165) is 4.47 Å². The second-order valence-corrected chi connectivity index (χ2v) is 5.18. The monoisotopic (exact) mass is 348 g/mol. The summed E-state index contributed by atoms with van der Waals surface area (Å²) in [5, 5.41) is 0. The third kappa shape index (κ3) is 3.46. The van der Waals surface area contributed by atoms with Gasteiger partial charge < -0.3 is 9.64 Å². The van der Waals surface area contributed by atoms with E-state index in [1.54, 1.807) is 49.6 Å². The van der Waals surface area contributed by atoms with Gasteiger partial charge in [0.05, 0.1) is 12.7 Å². The van der Waals surface area contributed by atoms with Crippen molar-refractivity contribution in [1.29, 1.82) is 0 Å². The van der Waals surface area contributed by atoms with Crippen LogP contribution in [0.1, 0.15) is 20.8 Å². The van der Waals surface area contributed by atoms with Gasteiger partial charge >= 0.3 is 5.97 Å². The minimum atomic E-state index is -0.412. The van der Waals surface area contributed by atoms with Crippen LogP contribution >= 0.6 is 15.9 Å². The maximum Gasteiger partial charge on any atom is 0.337 e. The molecule has 0 fully saturated rings. The fourth-order valence-electron chi connectivity index (χ4n) is 1.73. The van der Waals surface area contributed by atoms with Crippen LogP contribution in [0.3, 0.4) is 0 Å². The Balaban J connectivity index is 2.19. The van der Waals surface area contributed by atoms with Gasteiger partial charge in [-0.2, -0.15) is 0 Å². The number of amides is 1. The summed E-state index contributed by atoms with van der Waals surface area (Å²) in [5.41, 5.74) is 1.44. The number of pyridine rings is 1. The molecule has 0 aliphatic rings. The van der Waals surface area contributed by atoms with Gasteiger partial charge in [-0.1, -0.05) is 0 Å². The fraction of sp³-hybridized carbons (Fsp3) is 0.133. The van der Waals surface area contributed by atoms with E-state index in [2.05, 4.69) is 25.7 Å². The zero-order valence-corrected chi connectivity index (χ0v) is 13.1. The van der Waals surface area contributed by atoms with Crippen molar-refractivity contribution in [1.82, 2.24) is 4.98 Å². The van der Waals surface area contributed by atoms with Crippen molar-refractivity contribution in [2.75, 3.05) is 19.1 Å². The highest BCUT2D eigenvalue weighted by Crippen LogP contribution is 2.17. The van der Waals surface area contributed by atoms with Gasteiger partial charge in [0, 0.05) is 23.4 Å². The zero-order valence-electron chi connectivity index (χ0n) is 11.5. The van der Waals surface area contributed by atoms with Gasteiger partial charge in [-0.3, -0.25) is 4.79 Å². The molecule has 108 valence electrons. The summed E-state index contributed by atoms with van der Waals surface area (Å²) in [6, 6.07) is 9.99. The molecular weight excluding hydrogens is 336 g/mol. The van der Waals surface area contributed by atoms with E-state index < -0.39 is 5.97 Å². The first kappa shape index (κ1) is 15.2. The summed E-state index contributed by atoms with van der Waals surface area (Å²) < 4.78 is 5.44. The minimum absolute atomic E-state index is 0.228. The number of rotatable bonds is 3. The van der Waals surface area contributed by atoms with Crippen molar-refractivity contribution in [2.45, 2.75) is 0 Å². The summed E-state index contributed by atoms with van der Waals surface area (Å²) in [6.07, 6.45) is 1.57. The first-order chi connectivity index (χ1) is 10.0. The van der Waals surface area contributed by atoms with Crippen molar-refractivity contribution < 1.29 is 14.3 Å². The number of esters is 1. The molecule has 1 amide bonds. The lowest BCUT2D eigenvalue weighted by atomic mass is 10.2. The lowest BCUT2D eigenvalue weighted by Crippen LogP contribution is -2.27. The fourth-order valence-corrected chi connectivity index (χ4v) is 1.96. The molecule has 1 aromatic heterocycles. The number of carbonyl (C=O) groups is 2. The van der Waals surface area contributed by atoms with Gasteiger partial charge in [0.15, 0.2) is 0 Å². The van der Waals surface area contributed by atoms with Crippen molar-refractivity contribution in [3.05, 3.63) is 58.3 Å². The van der Waals surface area contributed by atoms with Crippen LogP contribution < -0.4 is 4.90 Å². The van der Waals surface area contributed by atoms with E-state index in [1.807, 2.05) is 0 Å². The molecule has 6 heteroatoms. The number of benzene rings is 1. The molecule has 0 N–H and O–H groups in total. The van der Waals surface area contributed by atoms with E-state index in [9.17, 15) is 9.59 Å². The number of hydrogen-bond acceptors (Lipinski definition) is 4. The van der Waals surface area contributed by atoms with E-state index >= 15 is 0 Å². The molecule has 0 unspecified atom stereocenters. The van der Waals surface area contributed by atoms with Crippen LogP contribution in [0.15, 0.2) is 47.1 Å². The molecule has 0 radical (unpaired) electrons. The van der Waals surface area contributed by atoms with Crippen LogP contribution in [0, 0.1) is 0 Å². The molecule has 5 nitrogen and oxygen atoms in total. The first-order valence-corrected chi connectivity index (χ1v) is 6.90. The number of carbonyl (C=O) groups excluding carboxylic acids is 2. The largest absolute Gasteiger partial charge is 0.465 e. The summed E-state index contributed by atoms with van der Waals surface area (Å²) in [6.45, 7) is 0. The Hall–Kier alpha value is -2.21. The molecule has 0 saturated carbocycles. The van der Waals surface area contributed by atoms with Crippen LogP contribution in [-0.2, 0) is 4.74 Å². The van der Waals surface area contributed by atoms with Gasteiger partial charge in [-0.05, 0) is 52.3 Å². The first-order valence-electron chi connectivity index (χ1n) is 6.11. The topological polar surface area (TPSA) is 59.5 Å². The number of nitrogens with zero attached hydrogens (tertiary/aromatic N) is 2. The molecule has 0 aliphatic carbocycles. The lowest BCUT2D eigenvalue weighted by Gasteiger charge is -2.17. The average Bonchev–Trinajstić information content (AvgIpc) is 2.53. The van der Waals surface area contributed by atoms with Gasteiger partial charge in [-0.15, -0.1) is 0 Å². The molecule has 0 saturated heterocycles. The van der Waals surface area contributed by atoms with Gasteiger partial charge in [0.1, 0.15) is 5.69 Å². The summed E-state index contributed by atoms with van der Waals surface area (Å²) in [5.74, 6) is -0.640. The summed E-state index contributed by atoms with van der Waals surface area (Å²) in [7, 11) is 2.98. The number of aromatic nitrogens is 1. The number of halogens is 1. The van der Waals surface area contributed by atoms with Crippen molar-refractivity contribution >= 4 is 33.5 Å². The molecule has 0 atom stereocenters. The lowest BCUT2D eigenvalue weighted by molar-refractivity contribution is 0.0600. The van der Waals surface area contributed by atoms with Crippen molar-refractivity contribution in [3.63, 3.8) is 0 Å². The predicted molar refractivity (Wildman–Crippen MR) is 82.5 cm³/mol. The highest BCUT2D eigenvalue weighted by Gasteiger charge is 2.15. The molecule has 1 aromatic carbocycles. The Morgan fingerprint density at radius 1 is 1.14 bits per heavy atom. The average molecular weight is 349 g/mol. The molecule has 2 aromatic rings. The number of anilines is 1. The minimum Gasteiger partial charge on any atom is -0.465 e. The van der Waals surface area contributed by atoms with Crippen molar-refractivity contribution in [2.24, 2.45) is 0 Å². The van der Waals surface area contributed by atoms with Crippen LogP contribution in [0.5, 0.6) is 0 Å². The van der Waals surface area contributed by atoms with Gasteiger partial charge in [-0.25, -0.2) is 9.78 Å². The number of ether oxygens (including phenoxy) is 1. The Bertz CT molecular complexity index is 654. The predicted octanol–water partition coefficient (Wildman–Crippen LogP) is 2.91. The molecular formula is C15H13BrN2O3. The molecule has 0 spiro atoms. The Labute approximate surface area is 130 Å². The summed E-state index contributed by atoms with van der Waals surface area (Å²) in [4.78, 5) is 29.2. The Morgan fingerprint density at radius 2 is 1.81 bits per heavy atom. The van der Waals surface area contributed by atoms with E-state index in [4.69, 9.17) is 0 Å².